The molecule has 3 rings (SSSR count). The summed E-state index contributed by atoms with van der Waals surface area (Å²) >= 11 is 0. The number of anilines is 2. The Labute approximate surface area is 84.7 Å². The number of hydrogen-bond donors (Lipinski definition) is 2. The zero-order chi connectivity index (χ0) is 9.60. The molecule has 2 heteroatoms. The van der Waals surface area contributed by atoms with Crippen molar-refractivity contribution in [1.29, 1.82) is 0 Å². The summed E-state index contributed by atoms with van der Waals surface area (Å²) in [4.78, 5) is 0. The van der Waals surface area contributed by atoms with E-state index in [-0.39, 0.29) is 0 Å². The summed E-state index contributed by atoms with van der Waals surface area (Å²) in [6, 6.07) is 6.44. The van der Waals surface area contributed by atoms with Gasteiger partial charge in [-0.1, -0.05) is 12.1 Å². The van der Waals surface area contributed by atoms with Gasteiger partial charge in [-0.05, 0) is 37.8 Å². The second-order valence-corrected chi connectivity index (χ2v) is 4.61. The molecule has 1 heterocycles. The minimum atomic E-state index is 0.374. The van der Waals surface area contributed by atoms with Crippen LogP contribution in [0.2, 0.25) is 0 Å². The van der Waals surface area contributed by atoms with E-state index in [1.807, 2.05) is 0 Å². The summed E-state index contributed by atoms with van der Waals surface area (Å²) in [7, 11) is 0. The van der Waals surface area contributed by atoms with Gasteiger partial charge >= 0.3 is 0 Å². The molecule has 14 heavy (non-hydrogen) atoms. The third-order valence-corrected chi connectivity index (χ3v) is 3.59. The lowest BCUT2D eigenvalue weighted by atomic mass is 9.75. The van der Waals surface area contributed by atoms with Crippen molar-refractivity contribution in [3.05, 3.63) is 23.8 Å². The van der Waals surface area contributed by atoms with Crippen molar-refractivity contribution in [1.82, 2.24) is 0 Å². The largest absolute Gasteiger partial charge is 0.381 e. The average molecular weight is 188 g/mol. The van der Waals surface area contributed by atoms with E-state index in [1.54, 1.807) is 0 Å². The summed E-state index contributed by atoms with van der Waals surface area (Å²) in [6.07, 6.45) is 4.00. The second kappa shape index (κ2) is 2.66. The molecule has 1 aromatic rings. The van der Waals surface area contributed by atoms with Gasteiger partial charge in [-0.25, -0.2) is 0 Å². The van der Waals surface area contributed by atoms with Gasteiger partial charge in [0, 0.05) is 6.54 Å². The minimum Gasteiger partial charge on any atom is -0.381 e. The number of fused-ring (bicyclic) bond motifs is 1. The number of benzene rings is 1. The number of rotatable bonds is 0. The lowest BCUT2D eigenvalue weighted by Gasteiger charge is -2.47. The molecular weight excluding hydrogens is 172 g/mol. The van der Waals surface area contributed by atoms with E-state index in [0.717, 1.165) is 6.54 Å². The van der Waals surface area contributed by atoms with Crippen LogP contribution in [0.15, 0.2) is 18.2 Å². The van der Waals surface area contributed by atoms with Crippen molar-refractivity contribution < 1.29 is 0 Å². The first-order valence-corrected chi connectivity index (χ1v) is 5.41. The fourth-order valence-electron chi connectivity index (χ4n) is 2.46. The fourth-order valence-corrected chi connectivity index (χ4v) is 2.46. The number of hydrogen-bond acceptors (Lipinski definition) is 2. The Kier molecular flexibility index (Phi) is 1.55. The smallest absolute Gasteiger partial charge is 0.0610 e. The fraction of sp³-hybridized carbons (Fsp3) is 0.500. The SMILES string of the molecule is Cc1cccc2c1NC1(CCC1)CN2. The van der Waals surface area contributed by atoms with Crippen LogP contribution < -0.4 is 10.6 Å². The van der Waals surface area contributed by atoms with Crippen LogP contribution in [0.4, 0.5) is 11.4 Å². The molecule has 1 aliphatic carbocycles. The highest BCUT2D eigenvalue weighted by Crippen LogP contribution is 2.41. The number of para-hydroxylation sites is 1. The molecule has 0 amide bonds. The Morgan fingerprint density at radius 3 is 2.86 bits per heavy atom. The molecule has 0 aromatic heterocycles. The molecule has 0 atom stereocenters. The Morgan fingerprint density at radius 1 is 1.29 bits per heavy atom. The molecule has 1 saturated carbocycles. The van der Waals surface area contributed by atoms with Gasteiger partial charge in [-0.2, -0.15) is 0 Å². The van der Waals surface area contributed by atoms with Gasteiger partial charge in [0.1, 0.15) is 0 Å². The lowest BCUT2D eigenvalue weighted by molar-refractivity contribution is 0.291. The molecule has 1 spiro atoms. The molecule has 1 fully saturated rings. The molecule has 0 bridgehead atoms. The maximum atomic E-state index is 3.72. The molecule has 2 nitrogen and oxygen atoms in total. The third kappa shape index (κ3) is 1.03. The van der Waals surface area contributed by atoms with E-state index in [9.17, 15) is 0 Å². The van der Waals surface area contributed by atoms with E-state index in [0.29, 0.717) is 5.54 Å². The molecule has 2 aliphatic rings. The van der Waals surface area contributed by atoms with E-state index in [1.165, 1.54) is 36.2 Å². The monoisotopic (exact) mass is 188 g/mol. The third-order valence-electron chi connectivity index (χ3n) is 3.59. The Morgan fingerprint density at radius 2 is 2.14 bits per heavy atom. The van der Waals surface area contributed by atoms with Crippen molar-refractivity contribution in [3.8, 4) is 0 Å². The van der Waals surface area contributed by atoms with Crippen molar-refractivity contribution >= 4 is 11.4 Å². The highest BCUT2D eigenvalue weighted by molar-refractivity contribution is 5.75. The topological polar surface area (TPSA) is 24.1 Å². The van der Waals surface area contributed by atoms with Gasteiger partial charge in [-0.15, -0.1) is 0 Å². The van der Waals surface area contributed by atoms with Crippen LogP contribution in [0.5, 0.6) is 0 Å². The van der Waals surface area contributed by atoms with Crippen molar-refractivity contribution in [2.45, 2.75) is 31.7 Å². The average Bonchev–Trinajstić information content (AvgIpc) is 2.16. The standard InChI is InChI=1S/C12H16N2/c1-9-4-2-5-10-11(9)14-12(8-13-10)6-3-7-12/h2,4-5,13-14H,3,6-8H2,1H3. The summed E-state index contributed by atoms with van der Waals surface area (Å²) in [6.45, 7) is 3.26. The minimum absolute atomic E-state index is 0.374. The van der Waals surface area contributed by atoms with Crippen molar-refractivity contribution in [3.63, 3.8) is 0 Å². The first-order chi connectivity index (χ1) is 6.79. The van der Waals surface area contributed by atoms with Gasteiger partial charge in [0.25, 0.3) is 0 Å². The lowest BCUT2D eigenvalue weighted by Crippen LogP contribution is -2.53. The van der Waals surface area contributed by atoms with Gasteiger partial charge in [-0.3, -0.25) is 0 Å². The molecular formula is C12H16N2. The van der Waals surface area contributed by atoms with Crippen LogP contribution in [0.25, 0.3) is 0 Å². The summed E-state index contributed by atoms with van der Waals surface area (Å²) in [5.41, 5.74) is 4.31. The van der Waals surface area contributed by atoms with Crippen LogP contribution in [0.1, 0.15) is 24.8 Å². The first kappa shape index (κ1) is 8.16. The van der Waals surface area contributed by atoms with Gasteiger partial charge in [0.15, 0.2) is 0 Å². The second-order valence-electron chi connectivity index (χ2n) is 4.61. The van der Waals surface area contributed by atoms with Crippen LogP contribution >= 0.6 is 0 Å². The number of nitrogens with one attached hydrogen (secondary N) is 2. The maximum Gasteiger partial charge on any atom is 0.0610 e. The molecule has 0 unspecified atom stereocenters. The summed E-state index contributed by atoms with van der Waals surface area (Å²) in [5, 5.41) is 7.25. The van der Waals surface area contributed by atoms with Gasteiger partial charge in [0.2, 0.25) is 0 Å². The molecule has 1 aromatic carbocycles. The first-order valence-electron chi connectivity index (χ1n) is 5.41. The molecule has 1 aliphatic heterocycles. The summed E-state index contributed by atoms with van der Waals surface area (Å²) in [5.74, 6) is 0. The van der Waals surface area contributed by atoms with E-state index in [2.05, 4.69) is 35.8 Å². The zero-order valence-electron chi connectivity index (χ0n) is 8.56. The zero-order valence-corrected chi connectivity index (χ0v) is 8.56. The Balaban J connectivity index is 2.00. The Bertz CT molecular complexity index is 367. The quantitative estimate of drug-likeness (QED) is 0.654. The van der Waals surface area contributed by atoms with Crippen molar-refractivity contribution in [2.24, 2.45) is 0 Å². The normalized spacial score (nSPS) is 21.8. The highest BCUT2D eigenvalue weighted by Gasteiger charge is 2.39. The van der Waals surface area contributed by atoms with Crippen LogP contribution in [0.3, 0.4) is 0 Å². The molecule has 0 radical (unpaired) electrons. The molecule has 0 saturated heterocycles. The van der Waals surface area contributed by atoms with E-state index < -0.39 is 0 Å². The predicted octanol–water partition coefficient (Wildman–Crippen LogP) is 2.76. The number of aryl methyl sites for hydroxylation is 1. The van der Waals surface area contributed by atoms with E-state index in [4.69, 9.17) is 0 Å². The van der Waals surface area contributed by atoms with Gasteiger partial charge < -0.3 is 10.6 Å². The Hall–Kier alpha value is -1.18. The van der Waals surface area contributed by atoms with Crippen LogP contribution in [-0.2, 0) is 0 Å². The van der Waals surface area contributed by atoms with Gasteiger partial charge in [0.05, 0.1) is 16.9 Å². The van der Waals surface area contributed by atoms with E-state index >= 15 is 0 Å². The van der Waals surface area contributed by atoms with Crippen LogP contribution in [-0.4, -0.2) is 12.1 Å². The molecule has 2 N–H and O–H groups in total. The van der Waals surface area contributed by atoms with Crippen molar-refractivity contribution in [2.75, 3.05) is 17.2 Å². The predicted molar refractivity (Wildman–Crippen MR) is 59.9 cm³/mol. The maximum absolute atomic E-state index is 3.72. The molecule has 74 valence electrons. The van der Waals surface area contributed by atoms with Crippen LogP contribution in [0, 0.1) is 6.92 Å². The highest BCUT2D eigenvalue weighted by atomic mass is 15.1. The summed E-state index contributed by atoms with van der Waals surface area (Å²) < 4.78 is 0.